The first-order chi connectivity index (χ1) is 6.16. The molecule has 1 rings (SSSR count). The molecule has 0 saturated heterocycles. The Morgan fingerprint density at radius 1 is 1.77 bits per heavy atom. The van der Waals surface area contributed by atoms with Crippen molar-refractivity contribution >= 4 is 11.9 Å². The van der Waals surface area contributed by atoms with Gasteiger partial charge in [0.2, 0.25) is 0 Å². The predicted octanol–water partition coefficient (Wildman–Crippen LogP) is -0.830. The van der Waals surface area contributed by atoms with E-state index in [2.05, 4.69) is 10.1 Å². The Balaban J connectivity index is 2.68. The third kappa shape index (κ3) is 2.06. The van der Waals surface area contributed by atoms with Crippen molar-refractivity contribution in [2.24, 2.45) is 5.92 Å². The van der Waals surface area contributed by atoms with Crippen molar-refractivity contribution in [1.82, 2.24) is 5.32 Å². The van der Waals surface area contributed by atoms with Crippen LogP contribution in [0.3, 0.4) is 0 Å². The minimum Gasteiger partial charge on any atom is -0.465 e. The smallest absolute Gasteiger partial charge is 0.316 e. The Bertz CT molecular complexity index is 249. The number of rotatable bonds is 2. The van der Waals surface area contributed by atoms with Gasteiger partial charge >= 0.3 is 5.97 Å². The highest BCUT2D eigenvalue weighted by Crippen LogP contribution is 2.11. The number of carbonyl (C=O) groups excluding carboxylic acids is 2. The van der Waals surface area contributed by atoms with Crippen molar-refractivity contribution in [1.29, 1.82) is 0 Å². The van der Waals surface area contributed by atoms with E-state index in [1.165, 1.54) is 12.3 Å². The number of esters is 1. The van der Waals surface area contributed by atoms with Gasteiger partial charge in [0.15, 0.2) is 0 Å². The van der Waals surface area contributed by atoms with Gasteiger partial charge in [0.25, 0.3) is 5.91 Å². The SMILES string of the molecule is CCOC(=O)[C@H]1C=CNC(=O)[C@@H]1O. The van der Waals surface area contributed by atoms with Crippen molar-refractivity contribution in [3.8, 4) is 0 Å². The Morgan fingerprint density at radius 2 is 2.46 bits per heavy atom. The normalized spacial score (nSPS) is 26.8. The maximum atomic E-state index is 11.1. The molecule has 0 spiro atoms. The molecular formula is C8H11NO4. The second-order valence-electron chi connectivity index (χ2n) is 2.59. The van der Waals surface area contributed by atoms with E-state index in [1.807, 2.05) is 0 Å². The molecule has 1 aliphatic rings. The molecule has 0 aromatic heterocycles. The van der Waals surface area contributed by atoms with Crippen molar-refractivity contribution in [2.45, 2.75) is 13.0 Å². The summed E-state index contributed by atoms with van der Waals surface area (Å²) in [4.78, 5) is 22.0. The molecule has 72 valence electrons. The summed E-state index contributed by atoms with van der Waals surface area (Å²) in [6.07, 6.45) is 1.39. The number of amides is 1. The van der Waals surface area contributed by atoms with Gasteiger partial charge in [-0.15, -0.1) is 0 Å². The molecule has 0 aromatic rings. The van der Waals surface area contributed by atoms with Gasteiger partial charge in [-0.3, -0.25) is 9.59 Å². The molecule has 0 radical (unpaired) electrons. The molecule has 5 nitrogen and oxygen atoms in total. The van der Waals surface area contributed by atoms with Gasteiger partial charge in [0.05, 0.1) is 6.61 Å². The lowest BCUT2D eigenvalue weighted by atomic mass is 10.00. The van der Waals surface area contributed by atoms with Crippen LogP contribution in [0.25, 0.3) is 0 Å². The summed E-state index contributed by atoms with van der Waals surface area (Å²) in [5, 5.41) is 11.6. The molecule has 5 heteroatoms. The van der Waals surface area contributed by atoms with E-state index in [9.17, 15) is 14.7 Å². The zero-order valence-corrected chi connectivity index (χ0v) is 7.19. The predicted molar refractivity (Wildman–Crippen MR) is 43.4 cm³/mol. The van der Waals surface area contributed by atoms with Crippen molar-refractivity contribution in [3.63, 3.8) is 0 Å². The average Bonchev–Trinajstić information content (AvgIpc) is 2.10. The Morgan fingerprint density at radius 3 is 3.08 bits per heavy atom. The third-order valence-electron chi connectivity index (χ3n) is 1.70. The number of hydrogen-bond donors (Lipinski definition) is 2. The second-order valence-corrected chi connectivity index (χ2v) is 2.59. The molecule has 0 saturated carbocycles. The van der Waals surface area contributed by atoms with E-state index in [-0.39, 0.29) is 6.61 Å². The maximum Gasteiger partial charge on any atom is 0.316 e. The summed E-state index contributed by atoms with van der Waals surface area (Å²) >= 11 is 0. The minimum atomic E-state index is -1.34. The summed E-state index contributed by atoms with van der Waals surface area (Å²) in [5.41, 5.74) is 0. The highest BCUT2D eigenvalue weighted by Gasteiger charge is 2.33. The van der Waals surface area contributed by atoms with Crippen LogP contribution in [0.5, 0.6) is 0 Å². The van der Waals surface area contributed by atoms with Gasteiger partial charge in [0, 0.05) is 6.20 Å². The lowest BCUT2D eigenvalue weighted by Crippen LogP contribution is -2.43. The van der Waals surface area contributed by atoms with E-state index in [4.69, 9.17) is 0 Å². The van der Waals surface area contributed by atoms with Crippen LogP contribution in [0.1, 0.15) is 6.92 Å². The van der Waals surface area contributed by atoms with Crippen LogP contribution in [0.15, 0.2) is 12.3 Å². The molecule has 0 unspecified atom stereocenters. The molecule has 13 heavy (non-hydrogen) atoms. The molecule has 1 amide bonds. The molecule has 2 N–H and O–H groups in total. The first-order valence-corrected chi connectivity index (χ1v) is 3.98. The zero-order chi connectivity index (χ0) is 9.84. The molecular weight excluding hydrogens is 174 g/mol. The Kier molecular flexibility index (Phi) is 3.02. The van der Waals surface area contributed by atoms with E-state index >= 15 is 0 Å². The quantitative estimate of drug-likeness (QED) is 0.550. The maximum absolute atomic E-state index is 11.1. The van der Waals surface area contributed by atoms with Gasteiger partial charge in [-0.25, -0.2) is 0 Å². The van der Waals surface area contributed by atoms with Crippen LogP contribution >= 0.6 is 0 Å². The molecule has 0 bridgehead atoms. The second kappa shape index (κ2) is 4.04. The van der Waals surface area contributed by atoms with E-state index in [0.717, 1.165) is 0 Å². The lowest BCUT2D eigenvalue weighted by molar-refractivity contribution is -0.153. The Labute approximate surface area is 75.4 Å². The van der Waals surface area contributed by atoms with Crippen LogP contribution in [0.2, 0.25) is 0 Å². The van der Waals surface area contributed by atoms with Crippen LogP contribution < -0.4 is 5.32 Å². The summed E-state index contributed by atoms with van der Waals surface area (Å²) in [6.45, 7) is 1.90. The summed E-state index contributed by atoms with van der Waals surface area (Å²) in [5.74, 6) is -2.05. The number of carbonyl (C=O) groups is 2. The van der Waals surface area contributed by atoms with Gasteiger partial charge in [-0.2, -0.15) is 0 Å². The van der Waals surface area contributed by atoms with Gasteiger partial charge in [-0.05, 0) is 6.92 Å². The van der Waals surface area contributed by atoms with Crippen LogP contribution in [0, 0.1) is 5.92 Å². The molecule has 0 aromatic carbocycles. The van der Waals surface area contributed by atoms with E-state index < -0.39 is 23.9 Å². The molecule has 0 fully saturated rings. The van der Waals surface area contributed by atoms with Gasteiger partial charge in [0.1, 0.15) is 12.0 Å². The van der Waals surface area contributed by atoms with Crippen LogP contribution in [-0.4, -0.2) is 29.7 Å². The van der Waals surface area contributed by atoms with Crippen molar-refractivity contribution < 1.29 is 19.4 Å². The number of ether oxygens (including phenoxy) is 1. The van der Waals surface area contributed by atoms with Gasteiger partial charge in [-0.1, -0.05) is 6.08 Å². The van der Waals surface area contributed by atoms with Gasteiger partial charge < -0.3 is 15.2 Å². The first kappa shape index (κ1) is 9.73. The standard InChI is InChI=1S/C8H11NO4/c1-2-13-8(12)5-3-4-9-7(11)6(5)10/h3-6,10H,2H2,1H3,(H,9,11)/t5-,6+/m0/s1. The highest BCUT2D eigenvalue weighted by molar-refractivity contribution is 5.90. The van der Waals surface area contributed by atoms with E-state index in [1.54, 1.807) is 6.92 Å². The third-order valence-corrected chi connectivity index (χ3v) is 1.70. The monoisotopic (exact) mass is 185 g/mol. The summed E-state index contributed by atoms with van der Waals surface area (Å²) in [7, 11) is 0. The summed E-state index contributed by atoms with van der Waals surface area (Å²) in [6, 6.07) is 0. The largest absolute Gasteiger partial charge is 0.465 e. The fraction of sp³-hybridized carbons (Fsp3) is 0.500. The highest BCUT2D eigenvalue weighted by atomic mass is 16.5. The number of aliphatic hydroxyl groups is 1. The fourth-order valence-electron chi connectivity index (χ4n) is 1.03. The van der Waals surface area contributed by atoms with Crippen LogP contribution in [-0.2, 0) is 14.3 Å². The molecule has 0 aliphatic carbocycles. The number of aliphatic hydroxyl groups excluding tert-OH is 1. The number of nitrogens with one attached hydrogen (secondary N) is 1. The average molecular weight is 185 g/mol. The van der Waals surface area contributed by atoms with Crippen LogP contribution in [0.4, 0.5) is 0 Å². The molecule has 2 atom stereocenters. The van der Waals surface area contributed by atoms with Crippen molar-refractivity contribution in [3.05, 3.63) is 12.3 Å². The summed E-state index contributed by atoms with van der Waals surface area (Å²) < 4.78 is 4.67. The first-order valence-electron chi connectivity index (χ1n) is 3.98. The molecule has 1 heterocycles. The molecule has 1 aliphatic heterocycles. The zero-order valence-electron chi connectivity index (χ0n) is 7.19. The number of hydrogen-bond acceptors (Lipinski definition) is 4. The minimum absolute atomic E-state index is 0.234. The Hall–Kier alpha value is -1.36. The lowest BCUT2D eigenvalue weighted by Gasteiger charge is -2.20. The van der Waals surface area contributed by atoms with Crippen molar-refractivity contribution in [2.75, 3.05) is 6.61 Å². The fourth-order valence-corrected chi connectivity index (χ4v) is 1.03. The van der Waals surface area contributed by atoms with E-state index in [0.29, 0.717) is 0 Å². The topological polar surface area (TPSA) is 75.6 Å².